The van der Waals surface area contributed by atoms with Gasteiger partial charge in [0.25, 0.3) is 0 Å². The Kier molecular flexibility index (Phi) is 7.03. The van der Waals surface area contributed by atoms with Gasteiger partial charge in [-0.15, -0.1) is 23.2 Å². The smallest absolute Gasteiger partial charge is 0.303 e. The van der Waals surface area contributed by atoms with Crippen LogP contribution in [0.4, 0.5) is 5.69 Å². The molecule has 0 aliphatic rings. The van der Waals surface area contributed by atoms with Crippen molar-refractivity contribution in [2.24, 2.45) is 0 Å². The summed E-state index contributed by atoms with van der Waals surface area (Å²) in [4.78, 5) is 13.0. The van der Waals surface area contributed by atoms with Crippen LogP contribution in [0.5, 0.6) is 0 Å². The summed E-state index contributed by atoms with van der Waals surface area (Å²) in [5.41, 5.74) is 2.04. The van der Waals surface area contributed by atoms with Crippen molar-refractivity contribution in [2.75, 3.05) is 29.7 Å². The third-order valence-corrected chi connectivity index (χ3v) is 3.12. The number of anilines is 1. The molecular formula is C14H19Cl2NO2. The van der Waals surface area contributed by atoms with Gasteiger partial charge in [0.15, 0.2) is 0 Å². The molecule has 19 heavy (non-hydrogen) atoms. The number of ether oxygens (including phenoxy) is 1. The quantitative estimate of drug-likeness (QED) is 0.569. The summed E-state index contributed by atoms with van der Waals surface area (Å²) in [6, 6.07) is 7.90. The summed E-state index contributed by atoms with van der Waals surface area (Å²) >= 11 is 11.6. The van der Waals surface area contributed by atoms with Crippen LogP contribution in [0, 0.1) is 0 Å². The number of halogens is 2. The number of alkyl halides is 2. The lowest BCUT2D eigenvalue weighted by Gasteiger charge is -2.23. The predicted molar refractivity (Wildman–Crippen MR) is 80.3 cm³/mol. The molecular weight excluding hydrogens is 285 g/mol. The summed E-state index contributed by atoms with van der Waals surface area (Å²) in [5.74, 6) is 0.841. The topological polar surface area (TPSA) is 29.5 Å². The number of rotatable bonds is 7. The molecule has 3 nitrogen and oxygen atoms in total. The van der Waals surface area contributed by atoms with Gasteiger partial charge in [-0.3, -0.25) is 4.79 Å². The fourth-order valence-electron chi connectivity index (χ4n) is 1.85. The van der Waals surface area contributed by atoms with Crippen molar-refractivity contribution >= 4 is 34.9 Å². The number of nitrogens with zero attached hydrogens (tertiary/aromatic N) is 1. The van der Waals surface area contributed by atoms with E-state index in [9.17, 15) is 4.79 Å². The second-order valence-corrected chi connectivity index (χ2v) is 4.96. The maximum atomic E-state index is 10.9. The van der Waals surface area contributed by atoms with Gasteiger partial charge >= 0.3 is 5.97 Å². The van der Waals surface area contributed by atoms with Gasteiger partial charge in [-0.05, 0) is 24.6 Å². The lowest BCUT2D eigenvalue weighted by Crippen LogP contribution is -2.27. The standard InChI is InChI=1S/C14H19Cl2NO2/c1-11(19-12(2)18)13-3-5-14(6-4-13)17(9-7-15)10-8-16/h3-6,11H,7-10H2,1-2H3. The molecule has 0 aromatic heterocycles. The van der Waals surface area contributed by atoms with E-state index in [1.807, 2.05) is 31.2 Å². The van der Waals surface area contributed by atoms with Crippen molar-refractivity contribution in [3.8, 4) is 0 Å². The first-order chi connectivity index (χ1) is 9.08. The van der Waals surface area contributed by atoms with Crippen molar-refractivity contribution in [3.63, 3.8) is 0 Å². The highest BCUT2D eigenvalue weighted by Gasteiger charge is 2.10. The second-order valence-electron chi connectivity index (χ2n) is 4.21. The molecule has 1 unspecified atom stereocenters. The Bertz CT molecular complexity index is 389. The molecule has 0 aliphatic heterocycles. The van der Waals surface area contributed by atoms with Crippen LogP contribution < -0.4 is 4.90 Å². The highest BCUT2D eigenvalue weighted by atomic mass is 35.5. The maximum absolute atomic E-state index is 10.9. The molecule has 1 rings (SSSR count). The van der Waals surface area contributed by atoms with E-state index in [1.54, 1.807) is 0 Å². The minimum atomic E-state index is -0.275. The first kappa shape index (κ1) is 16.1. The van der Waals surface area contributed by atoms with E-state index in [-0.39, 0.29) is 12.1 Å². The monoisotopic (exact) mass is 303 g/mol. The van der Waals surface area contributed by atoms with Gasteiger partial charge in [-0.2, -0.15) is 0 Å². The van der Waals surface area contributed by atoms with E-state index >= 15 is 0 Å². The lowest BCUT2D eigenvalue weighted by atomic mass is 10.1. The summed E-state index contributed by atoms with van der Waals surface area (Å²) < 4.78 is 5.14. The molecule has 0 saturated carbocycles. The number of hydrogen-bond donors (Lipinski definition) is 0. The van der Waals surface area contributed by atoms with Crippen molar-refractivity contribution in [1.29, 1.82) is 0 Å². The number of hydrogen-bond acceptors (Lipinski definition) is 3. The van der Waals surface area contributed by atoms with Gasteiger partial charge in [0.05, 0.1) is 0 Å². The highest BCUT2D eigenvalue weighted by Crippen LogP contribution is 2.21. The molecule has 0 amide bonds. The van der Waals surface area contributed by atoms with Gasteiger partial charge in [-0.25, -0.2) is 0 Å². The second kappa shape index (κ2) is 8.28. The Morgan fingerprint density at radius 3 is 2.16 bits per heavy atom. The summed E-state index contributed by atoms with van der Waals surface area (Å²) in [6.07, 6.45) is -0.235. The number of carbonyl (C=O) groups is 1. The fraction of sp³-hybridized carbons (Fsp3) is 0.500. The van der Waals surface area contributed by atoms with E-state index in [2.05, 4.69) is 4.90 Å². The Hall–Kier alpha value is -0.930. The summed E-state index contributed by atoms with van der Waals surface area (Å²) in [7, 11) is 0. The molecule has 1 atom stereocenters. The Balaban J connectivity index is 2.76. The van der Waals surface area contributed by atoms with Crippen molar-refractivity contribution in [3.05, 3.63) is 29.8 Å². The molecule has 5 heteroatoms. The molecule has 1 aromatic carbocycles. The first-order valence-electron chi connectivity index (χ1n) is 6.22. The van der Waals surface area contributed by atoms with Crippen LogP contribution in [0.15, 0.2) is 24.3 Å². The molecule has 0 fully saturated rings. The van der Waals surface area contributed by atoms with Crippen LogP contribution in [-0.4, -0.2) is 30.8 Å². The predicted octanol–water partition coefficient (Wildman–Crippen LogP) is 3.59. The van der Waals surface area contributed by atoms with Crippen molar-refractivity contribution in [2.45, 2.75) is 20.0 Å². The van der Waals surface area contributed by atoms with E-state index < -0.39 is 0 Å². The number of esters is 1. The third kappa shape index (κ3) is 5.29. The van der Waals surface area contributed by atoms with Crippen molar-refractivity contribution in [1.82, 2.24) is 0 Å². The SMILES string of the molecule is CC(=O)OC(C)c1ccc(N(CCCl)CCCl)cc1. The van der Waals surface area contributed by atoms with Crippen LogP contribution in [-0.2, 0) is 9.53 Å². The van der Waals surface area contributed by atoms with Crippen molar-refractivity contribution < 1.29 is 9.53 Å². The molecule has 1 aromatic rings. The van der Waals surface area contributed by atoms with E-state index in [0.29, 0.717) is 11.8 Å². The molecule has 0 aliphatic carbocycles. The first-order valence-corrected chi connectivity index (χ1v) is 7.29. The van der Waals surface area contributed by atoms with Crippen LogP contribution in [0.25, 0.3) is 0 Å². The van der Waals surface area contributed by atoms with E-state index in [0.717, 1.165) is 24.3 Å². The number of benzene rings is 1. The molecule has 0 N–H and O–H groups in total. The third-order valence-electron chi connectivity index (χ3n) is 2.78. The molecule has 0 saturated heterocycles. The zero-order valence-corrected chi connectivity index (χ0v) is 12.7. The molecule has 0 spiro atoms. The summed E-state index contributed by atoms with van der Waals surface area (Å²) in [6.45, 7) is 4.78. The number of carbonyl (C=O) groups excluding carboxylic acids is 1. The Morgan fingerprint density at radius 2 is 1.74 bits per heavy atom. The fourth-order valence-corrected chi connectivity index (χ4v) is 2.26. The molecule has 0 bridgehead atoms. The molecule has 0 heterocycles. The highest BCUT2D eigenvalue weighted by molar-refractivity contribution is 6.18. The lowest BCUT2D eigenvalue weighted by molar-refractivity contribution is -0.145. The average molecular weight is 304 g/mol. The minimum Gasteiger partial charge on any atom is -0.458 e. The normalized spacial score (nSPS) is 12.0. The van der Waals surface area contributed by atoms with E-state index in [4.69, 9.17) is 27.9 Å². The zero-order chi connectivity index (χ0) is 14.3. The minimum absolute atomic E-state index is 0.235. The zero-order valence-electron chi connectivity index (χ0n) is 11.2. The maximum Gasteiger partial charge on any atom is 0.303 e. The molecule has 0 radical (unpaired) electrons. The van der Waals surface area contributed by atoms with Gasteiger partial charge < -0.3 is 9.64 Å². The Morgan fingerprint density at radius 1 is 1.21 bits per heavy atom. The van der Waals surface area contributed by atoms with Crippen LogP contribution >= 0.6 is 23.2 Å². The van der Waals surface area contributed by atoms with Gasteiger partial charge in [0.2, 0.25) is 0 Å². The largest absolute Gasteiger partial charge is 0.458 e. The van der Waals surface area contributed by atoms with Crippen LogP contribution in [0.1, 0.15) is 25.5 Å². The molecule has 106 valence electrons. The van der Waals surface area contributed by atoms with Crippen LogP contribution in [0.2, 0.25) is 0 Å². The van der Waals surface area contributed by atoms with E-state index in [1.165, 1.54) is 6.92 Å². The average Bonchev–Trinajstić information content (AvgIpc) is 2.38. The van der Waals surface area contributed by atoms with Gasteiger partial charge in [0, 0.05) is 37.5 Å². The van der Waals surface area contributed by atoms with Gasteiger partial charge in [-0.1, -0.05) is 12.1 Å². The Labute approximate surface area is 124 Å². The van der Waals surface area contributed by atoms with Crippen LogP contribution in [0.3, 0.4) is 0 Å². The van der Waals surface area contributed by atoms with Gasteiger partial charge in [0.1, 0.15) is 6.10 Å². The summed E-state index contributed by atoms with van der Waals surface area (Å²) in [5, 5.41) is 0.